The van der Waals surface area contributed by atoms with Crippen LogP contribution in [0.1, 0.15) is 31.1 Å². The van der Waals surface area contributed by atoms with Crippen LogP contribution in [-0.4, -0.2) is 4.57 Å². The third-order valence-corrected chi connectivity index (χ3v) is 1.65. The third kappa shape index (κ3) is 1.23. The van der Waals surface area contributed by atoms with E-state index in [1.54, 1.807) is 0 Å². The Labute approximate surface area is 62.7 Å². The van der Waals surface area contributed by atoms with Gasteiger partial charge in [0.05, 0.1) is 0 Å². The molecular formula is C9H14N. The van der Waals surface area contributed by atoms with E-state index in [0.29, 0.717) is 6.04 Å². The summed E-state index contributed by atoms with van der Waals surface area (Å²) in [5.41, 5.74) is 2.46. The molecule has 1 rings (SSSR count). The Hall–Kier alpha value is -0.720. The van der Waals surface area contributed by atoms with Crippen LogP contribution in [0.2, 0.25) is 0 Å². The van der Waals surface area contributed by atoms with E-state index >= 15 is 0 Å². The van der Waals surface area contributed by atoms with E-state index in [1.807, 2.05) is 0 Å². The zero-order valence-electron chi connectivity index (χ0n) is 7.10. The summed E-state index contributed by atoms with van der Waals surface area (Å²) in [6, 6.07) is 3.81. The number of aryl methyl sites for hydroxylation is 2. The van der Waals surface area contributed by atoms with E-state index in [-0.39, 0.29) is 0 Å². The number of rotatable bonds is 1. The fourth-order valence-electron chi connectivity index (χ4n) is 1.22. The van der Waals surface area contributed by atoms with Crippen LogP contribution in [0.25, 0.3) is 0 Å². The van der Waals surface area contributed by atoms with Gasteiger partial charge in [0.25, 0.3) is 0 Å². The summed E-state index contributed by atoms with van der Waals surface area (Å²) in [6.45, 7) is 8.53. The molecule has 0 aliphatic rings. The normalized spacial score (nSPS) is 10.9. The Morgan fingerprint density at radius 2 is 2.00 bits per heavy atom. The Morgan fingerprint density at radius 3 is 2.20 bits per heavy atom. The van der Waals surface area contributed by atoms with Crippen LogP contribution in [0.4, 0.5) is 0 Å². The van der Waals surface area contributed by atoms with Crippen molar-refractivity contribution in [3.63, 3.8) is 0 Å². The summed E-state index contributed by atoms with van der Waals surface area (Å²) in [5, 5.41) is 0. The van der Waals surface area contributed by atoms with Gasteiger partial charge in [0.15, 0.2) is 0 Å². The highest BCUT2D eigenvalue weighted by Gasteiger charge is 2.01. The molecule has 0 N–H and O–H groups in total. The summed E-state index contributed by atoms with van der Waals surface area (Å²) < 4.78 is 2.23. The highest BCUT2D eigenvalue weighted by Crippen LogP contribution is 2.11. The molecule has 0 aromatic carbocycles. The van der Waals surface area contributed by atoms with E-state index in [4.69, 9.17) is 0 Å². The van der Waals surface area contributed by atoms with Crippen LogP contribution in [0.5, 0.6) is 0 Å². The first-order chi connectivity index (χ1) is 4.61. The van der Waals surface area contributed by atoms with Crippen LogP contribution in [0.15, 0.2) is 6.20 Å². The minimum absolute atomic E-state index is 0.560. The maximum absolute atomic E-state index is 3.25. The molecule has 1 heterocycles. The molecule has 1 radical (unpaired) electrons. The minimum atomic E-state index is 0.560. The average Bonchev–Trinajstić information content (AvgIpc) is 2.10. The second kappa shape index (κ2) is 2.49. The van der Waals surface area contributed by atoms with Crippen molar-refractivity contribution in [3.05, 3.63) is 23.5 Å². The summed E-state index contributed by atoms with van der Waals surface area (Å²) in [7, 11) is 0. The first kappa shape index (κ1) is 7.39. The van der Waals surface area contributed by atoms with Crippen molar-refractivity contribution in [2.45, 2.75) is 33.7 Å². The first-order valence-electron chi connectivity index (χ1n) is 3.68. The van der Waals surface area contributed by atoms with Crippen molar-refractivity contribution < 1.29 is 0 Å². The quantitative estimate of drug-likeness (QED) is 0.559. The topological polar surface area (TPSA) is 4.93 Å². The molecule has 0 saturated carbocycles. The highest BCUT2D eigenvalue weighted by molar-refractivity contribution is 5.14. The van der Waals surface area contributed by atoms with Crippen LogP contribution < -0.4 is 0 Å². The van der Waals surface area contributed by atoms with E-state index in [9.17, 15) is 0 Å². The number of hydrogen-bond acceptors (Lipinski definition) is 0. The highest BCUT2D eigenvalue weighted by atomic mass is 15.0. The Bertz CT molecular complexity index is 221. The maximum atomic E-state index is 3.25. The number of hydrogen-bond donors (Lipinski definition) is 0. The molecule has 0 amide bonds. The van der Waals surface area contributed by atoms with Crippen molar-refractivity contribution in [2.24, 2.45) is 0 Å². The smallest absolute Gasteiger partial charge is 0.0277 e. The van der Waals surface area contributed by atoms with Gasteiger partial charge in [0.1, 0.15) is 0 Å². The standard InChI is InChI=1S/C9H14N/c1-7(2)10-6-8(3)5-9(10)4/h6-7H,1-4H3. The molecule has 1 aromatic heterocycles. The zero-order chi connectivity index (χ0) is 7.72. The van der Waals surface area contributed by atoms with Crippen molar-refractivity contribution in [2.75, 3.05) is 0 Å². The lowest BCUT2D eigenvalue weighted by Crippen LogP contribution is -1.99. The predicted octanol–water partition coefficient (Wildman–Crippen LogP) is 2.49. The van der Waals surface area contributed by atoms with Crippen molar-refractivity contribution in [1.82, 2.24) is 4.57 Å². The Kier molecular flexibility index (Phi) is 1.84. The molecule has 1 nitrogen and oxygen atoms in total. The van der Waals surface area contributed by atoms with Gasteiger partial charge in [0.2, 0.25) is 0 Å². The fraction of sp³-hybridized carbons (Fsp3) is 0.556. The molecule has 0 aliphatic carbocycles. The molecule has 0 bridgehead atoms. The van der Waals surface area contributed by atoms with Crippen molar-refractivity contribution in [3.8, 4) is 0 Å². The predicted molar refractivity (Wildman–Crippen MR) is 43.1 cm³/mol. The summed E-state index contributed by atoms with van der Waals surface area (Å²) >= 11 is 0. The van der Waals surface area contributed by atoms with Gasteiger partial charge >= 0.3 is 0 Å². The zero-order valence-corrected chi connectivity index (χ0v) is 7.10. The minimum Gasteiger partial charge on any atom is -0.348 e. The fourth-order valence-corrected chi connectivity index (χ4v) is 1.22. The monoisotopic (exact) mass is 136 g/mol. The van der Waals surface area contributed by atoms with Gasteiger partial charge in [-0.15, -0.1) is 0 Å². The van der Waals surface area contributed by atoms with Gasteiger partial charge in [0, 0.05) is 24.0 Å². The molecule has 0 aliphatic heterocycles. The lowest BCUT2D eigenvalue weighted by Gasteiger charge is -2.08. The number of nitrogens with zero attached hydrogens (tertiary/aromatic N) is 1. The van der Waals surface area contributed by atoms with E-state index in [0.717, 1.165) is 0 Å². The molecule has 0 spiro atoms. The molecular weight excluding hydrogens is 122 g/mol. The summed E-state index contributed by atoms with van der Waals surface area (Å²) in [4.78, 5) is 0. The van der Waals surface area contributed by atoms with Gasteiger partial charge < -0.3 is 4.57 Å². The van der Waals surface area contributed by atoms with E-state index in [2.05, 4.69) is 44.5 Å². The largest absolute Gasteiger partial charge is 0.348 e. The van der Waals surface area contributed by atoms with Crippen LogP contribution >= 0.6 is 0 Å². The molecule has 1 heteroatoms. The molecule has 10 heavy (non-hydrogen) atoms. The van der Waals surface area contributed by atoms with Crippen LogP contribution in [0.3, 0.4) is 0 Å². The average molecular weight is 136 g/mol. The Morgan fingerprint density at radius 1 is 1.40 bits per heavy atom. The molecule has 1 aromatic rings. The van der Waals surface area contributed by atoms with Gasteiger partial charge in [-0.2, -0.15) is 0 Å². The van der Waals surface area contributed by atoms with Crippen molar-refractivity contribution in [1.29, 1.82) is 0 Å². The van der Waals surface area contributed by atoms with Gasteiger partial charge in [-0.1, -0.05) is 0 Å². The first-order valence-corrected chi connectivity index (χ1v) is 3.68. The number of aromatic nitrogens is 1. The molecule has 0 atom stereocenters. The van der Waals surface area contributed by atoms with Gasteiger partial charge in [-0.05, 0) is 33.3 Å². The molecule has 0 unspecified atom stereocenters. The van der Waals surface area contributed by atoms with Crippen LogP contribution in [0, 0.1) is 19.9 Å². The second-order valence-corrected chi connectivity index (χ2v) is 3.02. The SMILES string of the molecule is Cc1[c]c(C)n(C(C)C)c1. The van der Waals surface area contributed by atoms with Gasteiger partial charge in [-0.25, -0.2) is 0 Å². The third-order valence-electron chi connectivity index (χ3n) is 1.65. The van der Waals surface area contributed by atoms with Crippen molar-refractivity contribution >= 4 is 0 Å². The second-order valence-electron chi connectivity index (χ2n) is 3.02. The lowest BCUT2D eigenvalue weighted by molar-refractivity contribution is 0.588. The maximum Gasteiger partial charge on any atom is 0.0277 e. The van der Waals surface area contributed by atoms with Gasteiger partial charge in [-0.3, -0.25) is 0 Å². The Balaban J connectivity index is 3.03. The lowest BCUT2D eigenvalue weighted by atomic mass is 10.3. The van der Waals surface area contributed by atoms with E-state index < -0.39 is 0 Å². The molecule has 0 fully saturated rings. The summed E-state index contributed by atoms with van der Waals surface area (Å²) in [5.74, 6) is 0. The van der Waals surface area contributed by atoms with Crippen LogP contribution in [-0.2, 0) is 0 Å². The molecule has 55 valence electrons. The van der Waals surface area contributed by atoms with E-state index in [1.165, 1.54) is 11.3 Å². The summed E-state index contributed by atoms with van der Waals surface area (Å²) in [6.07, 6.45) is 2.14. The molecule has 0 saturated heterocycles.